The van der Waals surface area contributed by atoms with E-state index in [9.17, 15) is 0 Å². The summed E-state index contributed by atoms with van der Waals surface area (Å²) in [7, 11) is 0. The zero-order chi connectivity index (χ0) is 18.7. The summed E-state index contributed by atoms with van der Waals surface area (Å²) in [5.74, 6) is 5.39. The van der Waals surface area contributed by atoms with Crippen molar-refractivity contribution < 1.29 is 0 Å². The fourth-order valence-electron chi connectivity index (χ4n) is 8.07. The minimum Gasteiger partial charge on any atom is -0.124 e. The SMILES string of the molecule is C#C.CC.CCC1CCC2C3CCC4CCCCC4(C)C3CCC12C. The van der Waals surface area contributed by atoms with Gasteiger partial charge in [-0.3, -0.25) is 0 Å². The molecule has 4 rings (SSSR count). The monoisotopic (exact) mass is 344 g/mol. The molecule has 0 saturated heterocycles. The van der Waals surface area contributed by atoms with Crippen LogP contribution in [0.25, 0.3) is 0 Å². The molecular weight excluding hydrogens is 300 g/mol. The number of hydrogen-bond donors (Lipinski definition) is 0. The van der Waals surface area contributed by atoms with E-state index in [1.165, 1.54) is 19.3 Å². The lowest BCUT2D eigenvalue weighted by Crippen LogP contribution is -2.52. The van der Waals surface area contributed by atoms with Crippen LogP contribution in [-0.2, 0) is 0 Å². The second kappa shape index (κ2) is 8.50. The lowest BCUT2D eigenvalue weighted by atomic mass is 9.45. The maximum atomic E-state index is 4.00. The molecular formula is C25H44. The highest BCUT2D eigenvalue weighted by atomic mass is 14.6. The van der Waals surface area contributed by atoms with Crippen molar-refractivity contribution in [2.75, 3.05) is 0 Å². The Balaban J connectivity index is 0.000000528. The van der Waals surface area contributed by atoms with Gasteiger partial charge >= 0.3 is 0 Å². The van der Waals surface area contributed by atoms with Crippen molar-refractivity contribution in [2.45, 2.75) is 105 Å². The molecule has 0 aliphatic heterocycles. The Kier molecular flexibility index (Phi) is 7.09. The Morgan fingerprint density at radius 1 is 0.760 bits per heavy atom. The first-order valence-electron chi connectivity index (χ1n) is 11.4. The third-order valence-electron chi connectivity index (χ3n) is 9.27. The fraction of sp³-hybridized carbons (Fsp3) is 0.920. The quantitative estimate of drug-likeness (QED) is 0.427. The van der Waals surface area contributed by atoms with E-state index in [-0.39, 0.29) is 0 Å². The summed E-state index contributed by atoms with van der Waals surface area (Å²) >= 11 is 0. The molecule has 0 aromatic rings. The van der Waals surface area contributed by atoms with Crippen LogP contribution in [0, 0.1) is 53.3 Å². The fourth-order valence-corrected chi connectivity index (χ4v) is 8.07. The summed E-state index contributed by atoms with van der Waals surface area (Å²) in [5, 5.41) is 0. The van der Waals surface area contributed by atoms with Crippen LogP contribution in [0.1, 0.15) is 105 Å². The van der Waals surface area contributed by atoms with Crippen molar-refractivity contribution in [1.82, 2.24) is 0 Å². The molecule has 4 saturated carbocycles. The second-order valence-corrected chi connectivity index (χ2v) is 9.63. The molecule has 7 unspecified atom stereocenters. The molecule has 0 N–H and O–H groups in total. The standard InChI is InChI=1S/C21H36.C2H6.C2H2/c1-4-15-9-11-18-17-10-8-16-7-5-6-13-20(16,2)19(17)12-14-21(15,18)3;2*1-2/h15-19H,4-14H2,1-3H3;1-2H3;1-2H. The van der Waals surface area contributed by atoms with Crippen molar-refractivity contribution in [3.8, 4) is 12.8 Å². The lowest BCUT2D eigenvalue weighted by molar-refractivity contribution is -0.110. The van der Waals surface area contributed by atoms with E-state index >= 15 is 0 Å². The maximum Gasteiger partial charge on any atom is -0.0266 e. The minimum absolute atomic E-state index is 0.716. The minimum atomic E-state index is 0.716. The van der Waals surface area contributed by atoms with Gasteiger partial charge in [-0.2, -0.15) is 0 Å². The zero-order valence-electron chi connectivity index (χ0n) is 17.8. The number of fused-ring (bicyclic) bond motifs is 5. The summed E-state index contributed by atoms with van der Waals surface area (Å²) in [6, 6.07) is 0. The van der Waals surface area contributed by atoms with E-state index in [2.05, 4.69) is 33.6 Å². The predicted octanol–water partition coefficient (Wildman–Crippen LogP) is 7.72. The van der Waals surface area contributed by atoms with Crippen LogP contribution >= 0.6 is 0 Å². The van der Waals surface area contributed by atoms with Crippen molar-refractivity contribution in [3.63, 3.8) is 0 Å². The average molecular weight is 345 g/mol. The first kappa shape index (κ1) is 20.9. The van der Waals surface area contributed by atoms with Gasteiger partial charge in [0.2, 0.25) is 0 Å². The molecule has 0 radical (unpaired) electrons. The van der Waals surface area contributed by atoms with Crippen LogP contribution < -0.4 is 0 Å². The van der Waals surface area contributed by atoms with Crippen molar-refractivity contribution in [3.05, 3.63) is 0 Å². The summed E-state index contributed by atoms with van der Waals surface area (Å²) < 4.78 is 0. The summed E-state index contributed by atoms with van der Waals surface area (Å²) in [6.07, 6.45) is 25.0. The Bertz CT molecular complexity index is 435. The molecule has 0 spiro atoms. The number of rotatable bonds is 1. The van der Waals surface area contributed by atoms with Crippen LogP contribution in [-0.4, -0.2) is 0 Å². The smallest absolute Gasteiger partial charge is 0.0266 e. The Labute approximate surface area is 158 Å². The van der Waals surface area contributed by atoms with E-state index in [0.29, 0.717) is 5.41 Å². The van der Waals surface area contributed by atoms with Crippen LogP contribution in [0.4, 0.5) is 0 Å². The highest BCUT2D eigenvalue weighted by Gasteiger charge is 2.59. The van der Waals surface area contributed by atoms with Gasteiger partial charge < -0.3 is 0 Å². The van der Waals surface area contributed by atoms with Crippen molar-refractivity contribution >= 4 is 0 Å². The Hall–Kier alpha value is -0.440. The Morgan fingerprint density at radius 3 is 2.12 bits per heavy atom. The summed E-state index contributed by atoms with van der Waals surface area (Å²) in [6.45, 7) is 11.8. The van der Waals surface area contributed by atoms with E-state index in [4.69, 9.17) is 0 Å². The molecule has 0 amide bonds. The van der Waals surface area contributed by atoms with Gasteiger partial charge in [-0.05, 0) is 91.8 Å². The van der Waals surface area contributed by atoms with Gasteiger partial charge in [-0.15, -0.1) is 12.8 Å². The van der Waals surface area contributed by atoms with Crippen molar-refractivity contribution in [2.24, 2.45) is 40.4 Å². The average Bonchev–Trinajstić information content (AvgIpc) is 3.01. The molecule has 0 heteroatoms. The van der Waals surface area contributed by atoms with Gasteiger partial charge in [0.1, 0.15) is 0 Å². The predicted molar refractivity (Wildman–Crippen MR) is 111 cm³/mol. The summed E-state index contributed by atoms with van der Waals surface area (Å²) in [5.41, 5.74) is 1.45. The van der Waals surface area contributed by atoms with Crippen LogP contribution in [0.5, 0.6) is 0 Å². The van der Waals surface area contributed by atoms with E-state index < -0.39 is 0 Å². The highest BCUT2D eigenvalue weighted by Crippen LogP contribution is 2.67. The summed E-state index contributed by atoms with van der Waals surface area (Å²) in [4.78, 5) is 0. The first-order valence-corrected chi connectivity index (χ1v) is 11.4. The van der Waals surface area contributed by atoms with Crippen molar-refractivity contribution in [1.29, 1.82) is 0 Å². The second-order valence-electron chi connectivity index (χ2n) is 9.63. The molecule has 4 aliphatic carbocycles. The van der Waals surface area contributed by atoms with Crippen LogP contribution in [0.15, 0.2) is 0 Å². The largest absolute Gasteiger partial charge is 0.124 e. The first-order chi connectivity index (χ1) is 12.1. The number of hydrogen-bond acceptors (Lipinski definition) is 0. The zero-order valence-corrected chi connectivity index (χ0v) is 17.8. The maximum absolute atomic E-state index is 4.00. The molecule has 25 heavy (non-hydrogen) atoms. The molecule has 0 bridgehead atoms. The molecule has 0 aromatic carbocycles. The van der Waals surface area contributed by atoms with Gasteiger partial charge in [-0.1, -0.05) is 53.9 Å². The molecule has 7 atom stereocenters. The molecule has 4 aliphatic rings. The number of terminal acetylenes is 1. The van der Waals surface area contributed by atoms with Gasteiger partial charge in [0.25, 0.3) is 0 Å². The van der Waals surface area contributed by atoms with E-state index in [1.807, 2.05) is 13.8 Å². The van der Waals surface area contributed by atoms with Gasteiger partial charge in [0, 0.05) is 0 Å². The van der Waals surface area contributed by atoms with Gasteiger partial charge in [0.05, 0.1) is 0 Å². The normalized spacial score (nSPS) is 47.7. The van der Waals surface area contributed by atoms with Crippen LogP contribution in [0.2, 0.25) is 0 Å². The molecule has 4 fully saturated rings. The third-order valence-corrected chi connectivity index (χ3v) is 9.27. The molecule has 0 heterocycles. The molecule has 144 valence electrons. The van der Waals surface area contributed by atoms with E-state index in [0.717, 1.165) is 35.0 Å². The van der Waals surface area contributed by atoms with Gasteiger partial charge in [0.15, 0.2) is 0 Å². The van der Waals surface area contributed by atoms with Crippen LogP contribution in [0.3, 0.4) is 0 Å². The van der Waals surface area contributed by atoms with E-state index in [1.54, 1.807) is 51.4 Å². The molecule has 0 nitrogen and oxygen atoms in total. The Morgan fingerprint density at radius 2 is 1.44 bits per heavy atom. The molecule has 0 aromatic heterocycles. The van der Waals surface area contributed by atoms with Gasteiger partial charge in [-0.25, -0.2) is 0 Å². The highest BCUT2D eigenvalue weighted by molar-refractivity contribution is 5.08. The third kappa shape index (κ3) is 3.31. The lowest BCUT2D eigenvalue weighted by Gasteiger charge is -2.60. The topological polar surface area (TPSA) is 0 Å².